The molecule has 0 radical (unpaired) electrons. The zero-order valence-electron chi connectivity index (χ0n) is 12.0. The van der Waals surface area contributed by atoms with Crippen LogP contribution in [0.25, 0.3) is 0 Å². The highest BCUT2D eigenvalue weighted by Crippen LogP contribution is 2.48. The van der Waals surface area contributed by atoms with Crippen molar-refractivity contribution in [3.63, 3.8) is 0 Å². The molecule has 0 spiro atoms. The van der Waals surface area contributed by atoms with E-state index in [1.165, 1.54) is 25.7 Å². The van der Waals surface area contributed by atoms with Crippen molar-refractivity contribution >= 4 is 17.3 Å². The molecule has 4 N–H and O–H groups in total. The Morgan fingerprint density at radius 3 is 2.80 bits per heavy atom. The van der Waals surface area contributed by atoms with Gasteiger partial charge in [0.15, 0.2) is 0 Å². The summed E-state index contributed by atoms with van der Waals surface area (Å²) in [5.74, 6) is 2.58. The molecule has 108 valence electrons. The third-order valence-electron chi connectivity index (χ3n) is 4.98. The fraction of sp³-hybridized carbons (Fsp3) is 0.562. The summed E-state index contributed by atoms with van der Waals surface area (Å²) in [5.41, 5.74) is 8.23. The van der Waals surface area contributed by atoms with Gasteiger partial charge in [-0.15, -0.1) is 0 Å². The van der Waals surface area contributed by atoms with Crippen LogP contribution in [0.1, 0.15) is 36.0 Å². The van der Waals surface area contributed by atoms with Crippen molar-refractivity contribution in [3.05, 3.63) is 23.8 Å². The number of nitrogens with one attached hydrogen (secondary N) is 2. The van der Waals surface area contributed by atoms with E-state index < -0.39 is 0 Å². The van der Waals surface area contributed by atoms with E-state index in [9.17, 15) is 4.79 Å². The van der Waals surface area contributed by atoms with Crippen molar-refractivity contribution in [2.75, 3.05) is 24.6 Å². The van der Waals surface area contributed by atoms with Crippen molar-refractivity contribution in [1.82, 2.24) is 5.32 Å². The summed E-state index contributed by atoms with van der Waals surface area (Å²) in [5, 5.41) is 6.08. The Bertz CT molecular complexity index is 514. The normalized spacial score (nSPS) is 27.6. The molecule has 3 atom stereocenters. The molecule has 2 aliphatic rings. The molecule has 3 unspecified atom stereocenters. The third-order valence-corrected chi connectivity index (χ3v) is 4.98. The summed E-state index contributed by atoms with van der Waals surface area (Å²) in [4.78, 5) is 11.5. The number of rotatable bonds is 4. The summed E-state index contributed by atoms with van der Waals surface area (Å²) in [6.45, 7) is 1.00. The van der Waals surface area contributed by atoms with Crippen molar-refractivity contribution in [2.45, 2.75) is 25.7 Å². The Labute approximate surface area is 120 Å². The average molecular weight is 273 g/mol. The zero-order valence-corrected chi connectivity index (χ0v) is 12.0. The van der Waals surface area contributed by atoms with Gasteiger partial charge in [-0.25, -0.2) is 0 Å². The molecule has 4 heteroatoms. The predicted octanol–water partition coefficient (Wildman–Crippen LogP) is 2.48. The molecule has 2 bridgehead atoms. The van der Waals surface area contributed by atoms with Gasteiger partial charge >= 0.3 is 0 Å². The maximum absolute atomic E-state index is 11.5. The van der Waals surface area contributed by atoms with Crippen LogP contribution in [-0.2, 0) is 0 Å². The maximum atomic E-state index is 11.5. The molecule has 3 rings (SSSR count). The first-order chi connectivity index (χ1) is 9.67. The number of hydrogen-bond acceptors (Lipinski definition) is 3. The summed E-state index contributed by atoms with van der Waals surface area (Å²) in [7, 11) is 1.62. The van der Waals surface area contributed by atoms with Crippen molar-refractivity contribution < 1.29 is 4.79 Å². The van der Waals surface area contributed by atoms with Gasteiger partial charge in [0.2, 0.25) is 0 Å². The molecular formula is C16H23N3O. The molecule has 0 heterocycles. The largest absolute Gasteiger partial charge is 0.397 e. The second-order valence-corrected chi connectivity index (χ2v) is 6.20. The van der Waals surface area contributed by atoms with E-state index in [0.717, 1.165) is 30.0 Å². The molecule has 1 aromatic rings. The van der Waals surface area contributed by atoms with Crippen LogP contribution in [0.5, 0.6) is 0 Å². The molecule has 20 heavy (non-hydrogen) atoms. The number of fused-ring (bicyclic) bond motifs is 2. The van der Waals surface area contributed by atoms with Gasteiger partial charge in [0, 0.05) is 19.2 Å². The summed E-state index contributed by atoms with van der Waals surface area (Å²) < 4.78 is 0. The van der Waals surface area contributed by atoms with Gasteiger partial charge in [-0.05, 0) is 55.2 Å². The quantitative estimate of drug-likeness (QED) is 0.738. The maximum Gasteiger partial charge on any atom is 0.251 e. The summed E-state index contributed by atoms with van der Waals surface area (Å²) in [6, 6.07) is 5.47. The molecule has 0 aromatic heterocycles. The molecule has 0 saturated heterocycles. The van der Waals surface area contributed by atoms with Crippen LogP contribution < -0.4 is 16.4 Å². The Kier molecular flexibility index (Phi) is 3.55. The highest BCUT2D eigenvalue weighted by molar-refractivity contribution is 5.95. The molecule has 2 aliphatic carbocycles. The highest BCUT2D eigenvalue weighted by atomic mass is 16.1. The smallest absolute Gasteiger partial charge is 0.251 e. The first kappa shape index (κ1) is 13.3. The summed E-state index contributed by atoms with van der Waals surface area (Å²) in [6.07, 6.45) is 5.64. The van der Waals surface area contributed by atoms with Crippen molar-refractivity contribution in [1.29, 1.82) is 0 Å². The second-order valence-electron chi connectivity index (χ2n) is 6.20. The van der Waals surface area contributed by atoms with Crippen LogP contribution in [-0.4, -0.2) is 19.5 Å². The molecule has 4 nitrogen and oxygen atoms in total. The molecule has 2 saturated carbocycles. The minimum absolute atomic E-state index is 0.101. The average Bonchev–Trinajstić information content (AvgIpc) is 3.07. The van der Waals surface area contributed by atoms with Crippen LogP contribution in [0.3, 0.4) is 0 Å². The SMILES string of the molecule is CNC(=O)c1ccc(NCC2CC3CCC2C3)c(N)c1. The number of amides is 1. The topological polar surface area (TPSA) is 67.2 Å². The van der Waals surface area contributed by atoms with Gasteiger partial charge in [0.05, 0.1) is 11.4 Å². The van der Waals surface area contributed by atoms with E-state index in [1.807, 2.05) is 12.1 Å². The third kappa shape index (κ3) is 2.47. The van der Waals surface area contributed by atoms with Gasteiger partial charge < -0.3 is 16.4 Å². The lowest BCUT2D eigenvalue weighted by molar-refractivity contribution is 0.0963. The molecule has 0 aliphatic heterocycles. The number of nitrogens with two attached hydrogens (primary N) is 1. The van der Waals surface area contributed by atoms with Crippen LogP contribution in [0.15, 0.2) is 18.2 Å². The lowest BCUT2D eigenvalue weighted by Gasteiger charge is -2.23. The minimum Gasteiger partial charge on any atom is -0.397 e. The minimum atomic E-state index is -0.101. The van der Waals surface area contributed by atoms with E-state index in [4.69, 9.17) is 5.73 Å². The van der Waals surface area contributed by atoms with Crippen molar-refractivity contribution in [2.24, 2.45) is 17.8 Å². The van der Waals surface area contributed by atoms with Gasteiger partial charge in [0.25, 0.3) is 5.91 Å². The lowest BCUT2D eigenvalue weighted by atomic mass is 9.89. The number of hydrogen-bond donors (Lipinski definition) is 3. The van der Waals surface area contributed by atoms with Crippen molar-refractivity contribution in [3.8, 4) is 0 Å². The van der Waals surface area contributed by atoms with E-state index in [0.29, 0.717) is 11.3 Å². The first-order valence-corrected chi connectivity index (χ1v) is 7.53. The van der Waals surface area contributed by atoms with E-state index in [-0.39, 0.29) is 5.91 Å². The number of anilines is 2. The van der Waals surface area contributed by atoms with Gasteiger partial charge in [-0.3, -0.25) is 4.79 Å². The Morgan fingerprint density at radius 2 is 2.20 bits per heavy atom. The van der Waals surface area contributed by atoms with Gasteiger partial charge in [-0.1, -0.05) is 6.42 Å². The van der Waals surface area contributed by atoms with Crippen LogP contribution in [0, 0.1) is 17.8 Å². The van der Waals surface area contributed by atoms with Crippen LogP contribution in [0.4, 0.5) is 11.4 Å². The standard InChI is InChI=1S/C16H23N3O/c1-18-16(20)12-4-5-15(14(17)8-12)19-9-13-7-10-2-3-11(13)6-10/h4-5,8,10-11,13,19H,2-3,6-7,9,17H2,1H3,(H,18,20). The Balaban J connectivity index is 1.61. The highest BCUT2D eigenvalue weighted by Gasteiger charge is 2.39. The number of carbonyl (C=O) groups excluding carboxylic acids is 1. The van der Waals surface area contributed by atoms with E-state index in [2.05, 4.69) is 10.6 Å². The van der Waals surface area contributed by atoms with E-state index in [1.54, 1.807) is 13.1 Å². The zero-order chi connectivity index (χ0) is 14.1. The number of benzene rings is 1. The summed E-state index contributed by atoms with van der Waals surface area (Å²) >= 11 is 0. The fourth-order valence-corrected chi connectivity index (χ4v) is 3.88. The first-order valence-electron chi connectivity index (χ1n) is 7.53. The predicted molar refractivity (Wildman–Crippen MR) is 81.7 cm³/mol. The van der Waals surface area contributed by atoms with E-state index >= 15 is 0 Å². The van der Waals surface area contributed by atoms with Crippen LogP contribution >= 0.6 is 0 Å². The molecule has 2 fully saturated rings. The van der Waals surface area contributed by atoms with Gasteiger partial charge in [0.1, 0.15) is 0 Å². The number of carbonyl (C=O) groups is 1. The fourth-order valence-electron chi connectivity index (χ4n) is 3.88. The molecule has 1 aromatic carbocycles. The molecule has 1 amide bonds. The monoisotopic (exact) mass is 273 g/mol. The number of nitrogen functional groups attached to an aromatic ring is 1. The van der Waals surface area contributed by atoms with Gasteiger partial charge in [-0.2, -0.15) is 0 Å². The molecular weight excluding hydrogens is 250 g/mol. The van der Waals surface area contributed by atoms with Crippen LogP contribution in [0.2, 0.25) is 0 Å². The Hall–Kier alpha value is -1.71. The Morgan fingerprint density at radius 1 is 1.35 bits per heavy atom. The second kappa shape index (κ2) is 5.35. The lowest BCUT2D eigenvalue weighted by Crippen LogP contribution is -2.21.